The smallest absolute Gasteiger partial charge is 0.168 e. The molecule has 5 nitrogen and oxygen atoms in total. The Bertz CT molecular complexity index is 1020. The molecule has 0 radical (unpaired) electrons. The van der Waals surface area contributed by atoms with Crippen LogP contribution in [0.1, 0.15) is 51.9 Å². The molecule has 0 heterocycles. The molecule has 0 aliphatic heterocycles. The number of rotatable bonds is 2. The number of carbonyl (C=O) groups is 1. The number of phenols is 2. The highest BCUT2D eigenvalue weighted by atomic mass is 16.5. The summed E-state index contributed by atoms with van der Waals surface area (Å²) in [5, 5.41) is 31.8. The van der Waals surface area contributed by atoms with Crippen molar-refractivity contribution in [3.8, 4) is 11.5 Å². The van der Waals surface area contributed by atoms with E-state index in [-0.39, 0.29) is 29.6 Å². The summed E-state index contributed by atoms with van der Waals surface area (Å²) in [7, 11) is 0. The third-order valence-electron chi connectivity index (χ3n) is 6.04. The van der Waals surface area contributed by atoms with E-state index in [9.17, 15) is 20.1 Å². The number of ether oxygens (including phenoxy) is 1. The quantitative estimate of drug-likeness (QED) is 0.763. The van der Waals surface area contributed by atoms with Gasteiger partial charge in [-0.05, 0) is 46.9 Å². The largest absolute Gasteiger partial charge is 0.508 e. The molecule has 0 spiro atoms. The van der Waals surface area contributed by atoms with Gasteiger partial charge in [-0.3, -0.25) is 4.79 Å². The lowest BCUT2D eigenvalue weighted by molar-refractivity contribution is -0.00971. The second-order valence-electron chi connectivity index (χ2n) is 7.38. The number of benzene rings is 2. The van der Waals surface area contributed by atoms with Crippen LogP contribution in [0, 0.1) is 0 Å². The summed E-state index contributed by atoms with van der Waals surface area (Å²) in [5.74, 6) is -0.126. The van der Waals surface area contributed by atoms with Crippen LogP contribution in [-0.2, 0) is 11.2 Å². The monoisotopic (exact) mass is 364 g/mol. The van der Waals surface area contributed by atoms with Crippen molar-refractivity contribution in [2.24, 2.45) is 0 Å². The minimum atomic E-state index is -0.846. The van der Waals surface area contributed by atoms with Crippen molar-refractivity contribution in [1.29, 1.82) is 0 Å². The molecule has 3 atom stereocenters. The molecule has 3 aliphatic carbocycles. The number of ketones is 1. The molecule has 2 aromatic rings. The lowest BCUT2D eigenvalue weighted by atomic mass is 9.77. The maximum absolute atomic E-state index is 12.8. The number of carbonyl (C=O) groups excluding carboxylic acids is 1. The Balaban J connectivity index is 1.84. The Morgan fingerprint density at radius 1 is 1.04 bits per heavy atom. The lowest BCUT2D eigenvalue weighted by Crippen LogP contribution is -2.36. The molecular weight excluding hydrogens is 344 g/mol. The zero-order chi connectivity index (χ0) is 18.9. The first-order valence-corrected chi connectivity index (χ1v) is 9.27. The van der Waals surface area contributed by atoms with Gasteiger partial charge in [-0.2, -0.15) is 0 Å². The predicted molar refractivity (Wildman–Crippen MR) is 99.8 cm³/mol. The predicted octanol–water partition coefficient (Wildman–Crippen LogP) is 3.01. The van der Waals surface area contributed by atoms with Crippen molar-refractivity contribution < 1.29 is 24.9 Å². The fourth-order valence-electron chi connectivity index (χ4n) is 5.01. The van der Waals surface area contributed by atoms with Gasteiger partial charge in [0.15, 0.2) is 5.78 Å². The summed E-state index contributed by atoms with van der Waals surface area (Å²) in [6.45, 7) is 2.33. The molecule has 2 aromatic carbocycles. The maximum Gasteiger partial charge on any atom is 0.168 e. The van der Waals surface area contributed by atoms with E-state index >= 15 is 0 Å². The Kier molecular flexibility index (Phi) is 3.48. The number of Topliss-reactive ketones (excluding diaryl/α,β-unsaturated/α-hetero) is 1. The van der Waals surface area contributed by atoms with E-state index in [4.69, 9.17) is 4.74 Å². The molecule has 3 aliphatic rings. The first-order chi connectivity index (χ1) is 13.0. The van der Waals surface area contributed by atoms with Crippen LogP contribution < -0.4 is 0 Å². The highest BCUT2D eigenvalue weighted by Gasteiger charge is 2.46. The molecule has 0 unspecified atom stereocenters. The van der Waals surface area contributed by atoms with Gasteiger partial charge >= 0.3 is 0 Å². The van der Waals surface area contributed by atoms with Gasteiger partial charge in [0, 0.05) is 30.9 Å². The van der Waals surface area contributed by atoms with Gasteiger partial charge in [0.05, 0.1) is 11.7 Å². The topological polar surface area (TPSA) is 87.0 Å². The number of hydrogen-bond donors (Lipinski definition) is 3. The minimum absolute atomic E-state index is 0.0327. The number of phenolic OH excluding ortho intramolecular Hbond substituents is 2. The van der Waals surface area contributed by atoms with E-state index < -0.39 is 12.2 Å². The average molecular weight is 364 g/mol. The van der Waals surface area contributed by atoms with Crippen molar-refractivity contribution in [2.45, 2.75) is 37.9 Å². The fraction of sp³-hybridized carbons (Fsp3) is 0.318. The van der Waals surface area contributed by atoms with E-state index in [1.54, 1.807) is 12.1 Å². The van der Waals surface area contributed by atoms with Gasteiger partial charge in [0.25, 0.3) is 0 Å². The van der Waals surface area contributed by atoms with Crippen LogP contribution in [0.25, 0.3) is 11.1 Å². The molecule has 0 amide bonds. The molecule has 0 saturated heterocycles. The van der Waals surface area contributed by atoms with Crippen LogP contribution in [0.4, 0.5) is 0 Å². The summed E-state index contributed by atoms with van der Waals surface area (Å²) in [6, 6.07) is 8.57. The number of fused-ring (bicyclic) bond motifs is 4. The Labute approximate surface area is 156 Å². The Morgan fingerprint density at radius 3 is 2.63 bits per heavy atom. The van der Waals surface area contributed by atoms with Crippen molar-refractivity contribution in [1.82, 2.24) is 0 Å². The molecule has 0 bridgehead atoms. The third kappa shape index (κ3) is 2.10. The molecule has 0 fully saturated rings. The first kappa shape index (κ1) is 16.5. The highest BCUT2D eigenvalue weighted by molar-refractivity contribution is 6.15. The summed E-state index contributed by atoms with van der Waals surface area (Å²) in [5.41, 5.74) is 5.17. The van der Waals surface area contributed by atoms with Crippen molar-refractivity contribution in [2.75, 3.05) is 6.61 Å². The summed E-state index contributed by atoms with van der Waals surface area (Å²) in [4.78, 5) is 12.8. The lowest BCUT2D eigenvalue weighted by Gasteiger charge is -2.32. The maximum atomic E-state index is 12.8. The molecule has 138 valence electrons. The normalized spacial score (nSPS) is 25.3. The van der Waals surface area contributed by atoms with E-state index in [1.165, 1.54) is 6.07 Å². The molecule has 3 N–H and O–H groups in total. The van der Waals surface area contributed by atoms with Crippen LogP contribution in [0.5, 0.6) is 11.5 Å². The van der Waals surface area contributed by atoms with Crippen LogP contribution in [-0.4, -0.2) is 39.9 Å². The SMILES string of the molecule is CCO[C@H]1Cc2c(O)ccc3c2C(=C2c4cccc(O)c4C(=O)C[C@H]23)[C@H]1O. The summed E-state index contributed by atoms with van der Waals surface area (Å²) < 4.78 is 5.76. The molecule has 27 heavy (non-hydrogen) atoms. The zero-order valence-electron chi connectivity index (χ0n) is 14.9. The number of aliphatic hydroxyl groups excluding tert-OH is 1. The van der Waals surface area contributed by atoms with E-state index in [0.717, 1.165) is 27.8 Å². The van der Waals surface area contributed by atoms with Gasteiger partial charge in [0.2, 0.25) is 0 Å². The Hall–Kier alpha value is -2.63. The average Bonchev–Trinajstić information content (AvgIpc) is 2.97. The van der Waals surface area contributed by atoms with Crippen molar-refractivity contribution in [3.05, 3.63) is 58.1 Å². The molecular formula is C22H20O5. The van der Waals surface area contributed by atoms with Gasteiger partial charge in [-0.25, -0.2) is 0 Å². The van der Waals surface area contributed by atoms with E-state index in [1.807, 2.05) is 19.1 Å². The molecule has 0 saturated carbocycles. The molecule has 5 rings (SSSR count). The van der Waals surface area contributed by atoms with Gasteiger partial charge < -0.3 is 20.1 Å². The number of aromatic hydroxyl groups is 2. The van der Waals surface area contributed by atoms with Crippen LogP contribution in [0.15, 0.2) is 30.3 Å². The van der Waals surface area contributed by atoms with Gasteiger partial charge in [0.1, 0.15) is 17.6 Å². The van der Waals surface area contributed by atoms with Crippen LogP contribution in [0.3, 0.4) is 0 Å². The zero-order valence-corrected chi connectivity index (χ0v) is 14.9. The van der Waals surface area contributed by atoms with Gasteiger partial charge in [-0.1, -0.05) is 18.2 Å². The van der Waals surface area contributed by atoms with E-state index in [0.29, 0.717) is 24.2 Å². The number of aliphatic hydroxyl groups is 1. The fourth-order valence-corrected chi connectivity index (χ4v) is 5.01. The second kappa shape index (κ2) is 5.68. The standard InChI is InChI=1S/C22H20O5/c1-2-27-17-9-13-14(23)7-6-10-12-8-16(25)20-11(4-3-5-15(20)24)19(12)21(18(10)13)22(17)26/h3-7,12,17,22-24,26H,2,8-9H2,1H3/t12-,17-,22-/m0/s1. The number of allylic oxidation sites excluding steroid dienone is 1. The summed E-state index contributed by atoms with van der Waals surface area (Å²) in [6.07, 6.45) is -0.634. The van der Waals surface area contributed by atoms with Gasteiger partial charge in [-0.15, -0.1) is 0 Å². The van der Waals surface area contributed by atoms with Crippen molar-refractivity contribution in [3.63, 3.8) is 0 Å². The third-order valence-corrected chi connectivity index (χ3v) is 6.04. The van der Waals surface area contributed by atoms with Crippen LogP contribution >= 0.6 is 0 Å². The molecule has 0 aromatic heterocycles. The summed E-state index contributed by atoms with van der Waals surface area (Å²) >= 11 is 0. The Morgan fingerprint density at radius 2 is 1.85 bits per heavy atom. The van der Waals surface area contributed by atoms with E-state index in [2.05, 4.69) is 0 Å². The highest BCUT2D eigenvalue weighted by Crippen LogP contribution is 2.58. The van der Waals surface area contributed by atoms with Crippen molar-refractivity contribution >= 4 is 16.9 Å². The minimum Gasteiger partial charge on any atom is -0.508 e. The van der Waals surface area contributed by atoms with Crippen LogP contribution in [0.2, 0.25) is 0 Å². The second-order valence-corrected chi connectivity index (χ2v) is 7.38. The number of hydrogen-bond acceptors (Lipinski definition) is 5. The molecule has 5 heteroatoms. The first-order valence-electron chi connectivity index (χ1n) is 9.27.